The molecule has 1 aromatic rings. The van der Waals surface area contributed by atoms with Gasteiger partial charge in [-0.15, -0.1) is 0 Å². The fraction of sp³-hybridized carbons (Fsp3) is 0.500. The highest BCUT2D eigenvalue weighted by Gasteiger charge is 2.16. The number of ether oxygens (including phenoxy) is 3. The molecule has 0 aliphatic heterocycles. The van der Waals surface area contributed by atoms with Crippen LogP contribution >= 0.6 is 0 Å². The van der Waals surface area contributed by atoms with Crippen molar-refractivity contribution in [2.45, 2.75) is 32.8 Å². The standard InChI is InChI=1S/C16H24N2O5/c1-16(2,3)23-15(20)18-8-5-9-22-13-10-11(17)6-7-12(13)14(19)21-4/h6-7,10H,5,8-9,17H2,1-4H3,(H,18,20). The molecule has 0 aromatic heterocycles. The summed E-state index contributed by atoms with van der Waals surface area (Å²) in [5, 5.41) is 2.63. The van der Waals surface area contributed by atoms with E-state index in [-0.39, 0.29) is 0 Å². The summed E-state index contributed by atoms with van der Waals surface area (Å²) < 4.78 is 15.4. The Balaban J connectivity index is 2.43. The molecule has 1 rings (SSSR count). The Morgan fingerprint density at radius 2 is 1.96 bits per heavy atom. The van der Waals surface area contributed by atoms with E-state index < -0.39 is 17.7 Å². The first-order chi connectivity index (χ1) is 10.7. The maximum Gasteiger partial charge on any atom is 0.407 e. The lowest BCUT2D eigenvalue weighted by atomic mass is 10.2. The Bertz CT molecular complexity index is 552. The van der Waals surface area contributed by atoms with Crippen molar-refractivity contribution in [1.29, 1.82) is 0 Å². The molecule has 0 heterocycles. The smallest absolute Gasteiger partial charge is 0.407 e. The third-order valence-electron chi connectivity index (χ3n) is 2.66. The van der Waals surface area contributed by atoms with E-state index in [0.717, 1.165) is 0 Å². The molecule has 0 spiro atoms. The Kier molecular flexibility index (Phi) is 6.68. The second-order valence-electron chi connectivity index (χ2n) is 5.88. The molecular formula is C16H24N2O5. The topological polar surface area (TPSA) is 99.9 Å². The van der Waals surface area contributed by atoms with Crippen LogP contribution < -0.4 is 15.8 Å². The van der Waals surface area contributed by atoms with Gasteiger partial charge in [-0.05, 0) is 39.3 Å². The summed E-state index contributed by atoms with van der Waals surface area (Å²) in [5.41, 5.74) is 5.96. The molecule has 0 radical (unpaired) electrons. The number of alkyl carbamates (subject to hydrolysis) is 1. The number of hydrogen-bond donors (Lipinski definition) is 2. The molecule has 23 heavy (non-hydrogen) atoms. The maximum absolute atomic E-state index is 11.6. The predicted octanol–water partition coefficient (Wildman–Crippen LogP) is 2.35. The Labute approximate surface area is 136 Å². The number of esters is 1. The largest absolute Gasteiger partial charge is 0.493 e. The number of carbonyl (C=O) groups excluding carboxylic acids is 2. The van der Waals surface area contributed by atoms with Crippen molar-refractivity contribution in [3.63, 3.8) is 0 Å². The number of nitrogens with two attached hydrogens (primary N) is 1. The number of hydrogen-bond acceptors (Lipinski definition) is 6. The lowest BCUT2D eigenvalue weighted by molar-refractivity contribution is 0.0525. The number of amides is 1. The molecule has 128 valence electrons. The first-order valence-corrected chi connectivity index (χ1v) is 7.30. The van der Waals surface area contributed by atoms with Crippen molar-refractivity contribution in [2.75, 3.05) is 26.0 Å². The Hall–Kier alpha value is -2.44. The van der Waals surface area contributed by atoms with Crippen molar-refractivity contribution in [3.05, 3.63) is 23.8 Å². The van der Waals surface area contributed by atoms with Gasteiger partial charge in [-0.25, -0.2) is 9.59 Å². The number of nitrogens with one attached hydrogen (secondary N) is 1. The quantitative estimate of drug-likeness (QED) is 0.473. The second-order valence-corrected chi connectivity index (χ2v) is 5.88. The first-order valence-electron chi connectivity index (χ1n) is 7.30. The average Bonchev–Trinajstić information content (AvgIpc) is 2.44. The predicted molar refractivity (Wildman–Crippen MR) is 86.5 cm³/mol. The maximum atomic E-state index is 11.6. The summed E-state index contributed by atoms with van der Waals surface area (Å²) >= 11 is 0. The minimum Gasteiger partial charge on any atom is -0.493 e. The van der Waals surface area contributed by atoms with Gasteiger partial charge in [0.1, 0.15) is 16.9 Å². The Morgan fingerprint density at radius 1 is 1.26 bits per heavy atom. The monoisotopic (exact) mass is 324 g/mol. The first kappa shape index (κ1) is 18.6. The van der Waals surface area contributed by atoms with Gasteiger partial charge in [0.25, 0.3) is 0 Å². The number of methoxy groups -OCH3 is 1. The molecule has 0 bridgehead atoms. The minimum absolute atomic E-state index is 0.307. The van der Waals surface area contributed by atoms with Crippen molar-refractivity contribution in [3.8, 4) is 5.75 Å². The molecule has 0 saturated carbocycles. The highest BCUT2D eigenvalue weighted by atomic mass is 16.6. The summed E-state index contributed by atoms with van der Waals surface area (Å²) in [5.74, 6) is -0.138. The zero-order chi connectivity index (χ0) is 17.5. The normalized spacial score (nSPS) is 10.8. The van der Waals surface area contributed by atoms with Crippen LogP contribution in [0.5, 0.6) is 5.75 Å². The molecule has 0 aliphatic carbocycles. The number of carbonyl (C=O) groups is 2. The average molecular weight is 324 g/mol. The molecule has 1 aromatic carbocycles. The summed E-state index contributed by atoms with van der Waals surface area (Å²) in [6, 6.07) is 4.71. The summed E-state index contributed by atoms with van der Waals surface area (Å²) in [6.45, 7) is 6.09. The molecule has 0 unspecified atom stereocenters. The molecule has 7 nitrogen and oxygen atoms in total. The van der Waals surface area contributed by atoms with E-state index in [2.05, 4.69) is 10.1 Å². The van der Waals surface area contributed by atoms with Gasteiger partial charge in [0.2, 0.25) is 0 Å². The van der Waals surface area contributed by atoms with Crippen molar-refractivity contribution >= 4 is 17.7 Å². The van der Waals surface area contributed by atoms with Crippen molar-refractivity contribution in [1.82, 2.24) is 5.32 Å². The van der Waals surface area contributed by atoms with Gasteiger partial charge in [0.05, 0.1) is 13.7 Å². The highest BCUT2D eigenvalue weighted by molar-refractivity contribution is 5.93. The zero-order valence-corrected chi connectivity index (χ0v) is 14.0. The van der Waals surface area contributed by atoms with E-state index in [9.17, 15) is 9.59 Å². The van der Waals surface area contributed by atoms with Crippen LogP contribution in [-0.4, -0.2) is 37.9 Å². The van der Waals surface area contributed by atoms with E-state index in [1.54, 1.807) is 39.0 Å². The van der Waals surface area contributed by atoms with Gasteiger partial charge in [0, 0.05) is 18.3 Å². The van der Waals surface area contributed by atoms with E-state index in [1.165, 1.54) is 7.11 Å². The lowest BCUT2D eigenvalue weighted by Crippen LogP contribution is -2.33. The van der Waals surface area contributed by atoms with Crippen LogP contribution in [0.1, 0.15) is 37.6 Å². The molecule has 3 N–H and O–H groups in total. The summed E-state index contributed by atoms with van der Waals surface area (Å²) in [6.07, 6.45) is 0.0750. The molecule has 0 atom stereocenters. The fourth-order valence-corrected chi connectivity index (χ4v) is 1.70. The van der Waals surface area contributed by atoms with Gasteiger partial charge >= 0.3 is 12.1 Å². The van der Waals surface area contributed by atoms with Gasteiger partial charge < -0.3 is 25.3 Å². The molecule has 0 fully saturated rings. The van der Waals surface area contributed by atoms with Gasteiger partial charge in [0.15, 0.2) is 0 Å². The van der Waals surface area contributed by atoms with Gasteiger partial charge in [-0.2, -0.15) is 0 Å². The molecule has 0 saturated heterocycles. The molecular weight excluding hydrogens is 300 g/mol. The SMILES string of the molecule is COC(=O)c1ccc(N)cc1OCCCNC(=O)OC(C)(C)C. The van der Waals surface area contributed by atoms with Gasteiger partial charge in [-0.3, -0.25) is 0 Å². The second kappa shape index (κ2) is 8.26. The van der Waals surface area contributed by atoms with Crippen LogP contribution in [0.15, 0.2) is 18.2 Å². The Morgan fingerprint density at radius 3 is 2.57 bits per heavy atom. The lowest BCUT2D eigenvalue weighted by Gasteiger charge is -2.19. The van der Waals surface area contributed by atoms with Crippen LogP contribution in [-0.2, 0) is 9.47 Å². The summed E-state index contributed by atoms with van der Waals surface area (Å²) in [7, 11) is 1.30. The third-order valence-corrected chi connectivity index (χ3v) is 2.66. The van der Waals surface area contributed by atoms with Crippen LogP contribution in [0.3, 0.4) is 0 Å². The van der Waals surface area contributed by atoms with Crippen LogP contribution in [0.2, 0.25) is 0 Å². The number of nitrogen functional groups attached to an aromatic ring is 1. The van der Waals surface area contributed by atoms with E-state index in [0.29, 0.717) is 36.6 Å². The molecule has 1 amide bonds. The van der Waals surface area contributed by atoms with E-state index >= 15 is 0 Å². The fourth-order valence-electron chi connectivity index (χ4n) is 1.70. The number of benzene rings is 1. The highest BCUT2D eigenvalue weighted by Crippen LogP contribution is 2.22. The van der Waals surface area contributed by atoms with Crippen LogP contribution in [0.4, 0.5) is 10.5 Å². The van der Waals surface area contributed by atoms with E-state index in [4.69, 9.17) is 15.2 Å². The van der Waals surface area contributed by atoms with Crippen molar-refractivity contribution < 1.29 is 23.8 Å². The van der Waals surface area contributed by atoms with E-state index in [1.807, 2.05) is 0 Å². The minimum atomic E-state index is -0.530. The van der Waals surface area contributed by atoms with Crippen LogP contribution in [0.25, 0.3) is 0 Å². The third kappa shape index (κ3) is 6.90. The molecule has 7 heteroatoms. The van der Waals surface area contributed by atoms with Crippen LogP contribution in [0, 0.1) is 0 Å². The summed E-state index contributed by atoms with van der Waals surface area (Å²) in [4.78, 5) is 23.1. The van der Waals surface area contributed by atoms with Gasteiger partial charge in [-0.1, -0.05) is 0 Å². The number of rotatable bonds is 6. The molecule has 0 aliphatic rings. The van der Waals surface area contributed by atoms with Crippen molar-refractivity contribution in [2.24, 2.45) is 0 Å². The number of anilines is 1. The zero-order valence-electron chi connectivity index (χ0n) is 14.0.